The van der Waals surface area contributed by atoms with E-state index >= 15 is 0 Å². The molecule has 92 valence electrons. The van der Waals surface area contributed by atoms with Crippen molar-refractivity contribution in [1.29, 1.82) is 5.26 Å². The summed E-state index contributed by atoms with van der Waals surface area (Å²) in [5, 5.41) is 17.6. The molecule has 0 saturated heterocycles. The Hall–Kier alpha value is -2.17. The highest BCUT2D eigenvalue weighted by Gasteiger charge is 2.21. The molecule has 18 heavy (non-hydrogen) atoms. The lowest BCUT2D eigenvalue weighted by Crippen LogP contribution is -2.19. The number of nitrogens with two attached hydrogens (primary N) is 1. The topological polar surface area (TPSA) is 102 Å². The fourth-order valence-corrected chi connectivity index (χ4v) is 2.43. The van der Waals surface area contributed by atoms with Gasteiger partial charge in [-0.15, -0.1) is 0 Å². The van der Waals surface area contributed by atoms with Gasteiger partial charge in [-0.3, -0.25) is 0 Å². The summed E-state index contributed by atoms with van der Waals surface area (Å²) in [5.41, 5.74) is 0.823. The van der Waals surface area contributed by atoms with Crippen LogP contribution in [0.2, 0.25) is 0 Å². The number of primary sulfonamides is 1. The van der Waals surface area contributed by atoms with Crippen LogP contribution in [0.3, 0.4) is 0 Å². The molecule has 1 aromatic carbocycles. The Kier molecular flexibility index (Phi) is 3.14. The molecule has 0 aliphatic carbocycles. The minimum Gasteiger partial charge on any atom is -0.247 e. The zero-order valence-corrected chi connectivity index (χ0v) is 10.1. The number of nitriles is 1. The Balaban J connectivity index is 2.48. The Morgan fingerprint density at radius 3 is 2.56 bits per heavy atom. The van der Waals surface area contributed by atoms with E-state index in [1.807, 2.05) is 30.3 Å². The predicted octanol–water partition coefficient (Wildman–Crippen LogP) is 0.450. The number of benzene rings is 1. The van der Waals surface area contributed by atoms with E-state index in [2.05, 4.69) is 5.10 Å². The number of nitrogens with zero attached hydrogens (tertiary/aromatic N) is 3. The van der Waals surface area contributed by atoms with Crippen LogP contribution in [0.5, 0.6) is 0 Å². The Morgan fingerprint density at radius 1 is 1.33 bits per heavy atom. The monoisotopic (exact) mass is 262 g/mol. The van der Waals surface area contributed by atoms with Crippen molar-refractivity contribution in [2.24, 2.45) is 5.14 Å². The third-order valence-electron chi connectivity index (χ3n) is 2.36. The largest absolute Gasteiger partial charge is 0.256 e. The highest BCUT2D eigenvalue weighted by Crippen LogP contribution is 2.14. The maximum Gasteiger partial charge on any atom is 0.256 e. The summed E-state index contributed by atoms with van der Waals surface area (Å²) >= 11 is 0. The summed E-state index contributed by atoms with van der Waals surface area (Å²) in [5.74, 6) is 0. The van der Waals surface area contributed by atoms with Crippen molar-refractivity contribution in [2.75, 3.05) is 0 Å². The Bertz CT molecular complexity index is 698. The van der Waals surface area contributed by atoms with Gasteiger partial charge < -0.3 is 0 Å². The minimum absolute atomic E-state index is 0.0477. The maximum absolute atomic E-state index is 11.5. The van der Waals surface area contributed by atoms with Crippen molar-refractivity contribution in [3.63, 3.8) is 0 Å². The highest BCUT2D eigenvalue weighted by atomic mass is 32.2. The molecule has 2 aromatic rings. The quantitative estimate of drug-likeness (QED) is 0.867. The third-order valence-corrected chi connectivity index (χ3v) is 3.33. The van der Waals surface area contributed by atoms with Crippen molar-refractivity contribution < 1.29 is 8.42 Å². The molecule has 0 aliphatic heterocycles. The maximum atomic E-state index is 11.5. The average Bonchev–Trinajstić information content (AvgIpc) is 2.73. The Morgan fingerprint density at radius 2 is 2.00 bits per heavy atom. The van der Waals surface area contributed by atoms with Crippen molar-refractivity contribution in [2.45, 2.75) is 11.6 Å². The fraction of sp³-hybridized carbons (Fsp3) is 0.0909. The molecule has 2 rings (SSSR count). The molecule has 2 N–H and O–H groups in total. The van der Waals surface area contributed by atoms with E-state index in [0.29, 0.717) is 0 Å². The van der Waals surface area contributed by atoms with E-state index in [1.165, 1.54) is 10.9 Å². The van der Waals surface area contributed by atoms with Gasteiger partial charge in [0.1, 0.15) is 11.6 Å². The van der Waals surface area contributed by atoms with Gasteiger partial charge in [-0.05, 0) is 5.56 Å². The first-order chi connectivity index (χ1) is 8.52. The van der Waals surface area contributed by atoms with Crippen LogP contribution in [0.1, 0.15) is 11.1 Å². The van der Waals surface area contributed by atoms with E-state index in [4.69, 9.17) is 10.4 Å². The normalized spacial score (nSPS) is 11.1. The van der Waals surface area contributed by atoms with Gasteiger partial charge in [-0.1, -0.05) is 30.3 Å². The van der Waals surface area contributed by atoms with E-state index < -0.39 is 10.0 Å². The molecule has 6 nitrogen and oxygen atoms in total. The minimum atomic E-state index is -3.98. The van der Waals surface area contributed by atoms with Crippen molar-refractivity contribution in [1.82, 2.24) is 9.78 Å². The lowest BCUT2D eigenvalue weighted by Gasteiger charge is -2.05. The molecule has 0 spiro atoms. The first-order valence-corrected chi connectivity index (χ1v) is 6.59. The van der Waals surface area contributed by atoms with Crippen LogP contribution in [0, 0.1) is 11.3 Å². The van der Waals surface area contributed by atoms with E-state index in [9.17, 15) is 8.42 Å². The van der Waals surface area contributed by atoms with Crippen molar-refractivity contribution in [3.05, 3.63) is 47.7 Å². The van der Waals surface area contributed by atoms with Gasteiger partial charge in [0.15, 0.2) is 5.03 Å². The van der Waals surface area contributed by atoms with Crippen molar-refractivity contribution >= 4 is 10.0 Å². The number of hydrogen-bond donors (Lipinski definition) is 1. The smallest absolute Gasteiger partial charge is 0.247 e. The fourth-order valence-electron chi connectivity index (χ4n) is 1.62. The van der Waals surface area contributed by atoms with Crippen LogP contribution in [0.25, 0.3) is 0 Å². The van der Waals surface area contributed by atoms with Gasteiger partial charge in [-0.25, -0.2) is 18.2 Å². The van der Waals surface area contributed by atoms with Crippen LogP contribution in [-0.2, 0) is 16.6 Å². The van der Waals surface area contributed by atoms with Crippen LogP contribution in [-0.4, -0.2) is 18.2 Å². The number of aromatic nitrogens is 2. The van der Waals surface area contributed by atoms with Crippen molar-refractivity contribution in [3.8, 4) is 6.07 Å². The molecule has 0 aliphatic rings. The molecule has 0 amide bonds. The summed E-state index contributed by atoms with van der Waals surface area (Å²) in [6.07, 6.45) is 1.20. The van der Waals surface area contributed by atoms with Crippen LogP contribution in [0.15, 0.2) is 41.6 Å². The average molecular weight is 262 g/mol. The number of sulfonamides is 1. The Labute approximate surface area is 104 Å². The van der Waals surface area contributed by atoms with Gasteiger partial charge in [0, 0.05) is 0 Å². The summed E-state index contributed by atoms with van der Waals surface area (Å²) in [4.78, 5) is 0. The summed E-state index contributed by atoms with van der Waals surface area (Å²) in [6, 6.07) is 11.0. The van der Waals surface area contributed by atoms with Crippen LogP contribution < -0.4 is 5.14 Å². The number of rotatable bonds is 3. The molecule has 0 radical (unpaired) electrons. The molecule has 7 heteroatoms. The second kappa shape index (κ2) is 4.60. The summed E-state index contributed by atoms with van der Waals surface area (Å²) in [7, 11) is -3.98. The third kappa shape index (κ3) is 2.40. The summed E-state index contributed by atoms with van der Waals surface area (Å²) in [6.45, 7) is 0.244. The first-order valence-electron chi connectivity index (χ1n) is 5.05. The van der Waals surface area contributed by atoms with Crippen LogP contribution in [0.4, 0.5) is 0 Å². The predicted molar refractivity (Wildman–Crippen MR) is 63.9 cm³/mol. The van der Waals surface area contributed by atoms with Gasteiger partial charge in [-0.2, -0.15) is 10.4 Å². The molecular formula is C11H10N4O2S. The molecule has 0 atom stereocenters. The van der Waals surface area contributed by atoms with Crippen LogP contribution >= 0.6 is 0 Å². The van der Waals surface area contributed by atoms with Gasteiger partial charge in [0.05, 0.1) is 12.7 Å². The molecule has 1 aromatic heterocycles. The molecule has 1 heterocycles. The van der Waals surface area contributed by atoms with E-state index in [1.54, 1.807) is 6.07 Å². The lowest BCUT2D eigenvalue weighted by atomic mass is 10.2. The highest BCUT2D eigenvalue weighted by molar-refractivity contribution is 7.89. The molecule has 0 bridgehead atoms. The van der Waals surface area contributed by atoms with E-state index in [-0.39, 0.29) is 17.1 Å². The molecule has 0 unspecified atom stereocenters. The van der Waals surface area contributed by atoms with E-state index in [0.717, 1.165) is 5.56 Å². The second-order valence-corrected chi connectivity index (χ2v) is 5.14. The van der Waals surface area contributed by atoms with Gasteiger partial charge >= 0.3 is 0 Å². The molecule has 0 saturated carbocycles. The standard InChI is InChI=1S/C11H10N4O2S/c12-6-10-7-14-15(11(10)18(13,16)17)8-9-4-2-1-3-5-9/h1-5,7H,8H2,(H2,13,16,17). The SMILES string of the molecule is N#Cc1cnn(Cc2ccccc2)c1S(N)(=O)=O. The summed E-state index contributed by atoms with van der Waals surface area (Å²) < 4.78 is 24.1. The van der Waals surface area contributed by atoms with Gasteiger partial charge in [0.25, 0.3) is 10.0 Å². The molecule has 0 fully saturated rings. The first kappa shape index (κ1) is 12.3. The van der Waals surface area contributed by atoms with Gasteiger partial charge in [0.2, 0.25) is 0 Å². The zero-order valence-electron chi connectivity index (χ0n) is 9.31. The molecular weight excluding hydrogens is 252 g/mol. The second-order valence-electron chi connectivity index (χ2n) is 3.66. The number of hydrogen-bond acceptors (Lipinski definition) is 4. The zero-order chi connectivity index (χ0) is 13.2. The lowest BCUT2D eigenvalue weighted by molar-refractivity contribution is 0.563.